The third-order valence-electron chi connectivity index (χ3n) is 2.51. The van der Waals surface area contributed by atoms with E-state index in [1.165, 1.54) is 0 Å². The first-order valence-corrected chi connectivity index (χ1v) is 4.90. The summed E-state index contributed by atoms with van der Waals surface area (Å²) in [6.07, 6.45) is 2.41. The van der Waals surface area contributed by atoms with Gasteiger partial charge in [0, 0.05) is 13.2 Å². The second kappa shape index (κ2) is 5.58. The average molecular weight is 188 g/mol. The predicted molar refractivity (Wildman–Crippen MR) is 56.3 cm³/mol. The van der Waals surface area contributed by atoms with Crippen LogP contribution >= 0.6 is 0 Å². The minimum Gasteiger partial charge on any atom is -0.382 e. The minimum absolute atomic E-state index is 0.211. The van der Waals surface area contributed by atoms with Crippen molar-refractivity contribution in [2.75, 3.05) is 7.11 Å². The molecule has 2 atom stereocenters. The van der Waals surface area contributed by atoms with Crippen molar-refractivity contribution in [1.29, 1.82) is 0 Å². The molecule has 13 heavy (non-hydrogen) atoms. The molecule has 0 aromatic carbocycles. The molecule has 0 aliphatic carbocycles. The Morgan fingerprint density at radius 2 is 1.85 bits per heavy atom. The standard InChI is InChI=1S/C10H24N2O/c1-8(13-5)6-7-9(12-11)10(2,3)4/h8-9,12H,6-7,11H2,1-5H3. The van der Waals surface area contributed by atoms with Crippen molar-refractivity contribution in [3.05, 3.63) is 0 Å². The third kappa shape index (κ3) is 5.24. The Morgan fingerprint density at radius 1 is 1.31 bits per heavy atom. The van der Waals surface area contributed by atoms with Gasteiger partial charge in [-0.2, -0.15) is 0 Å². The Morgan fingerprint density at radius 3 is 2.15 bits per heavy atom. The van der Waals surface area contributed by atoms with Gasteiger partial charge in [0.05, 0.1) is 6.10 Å². The summed E-state index contributed by atoms with van der Waals surface area (Å²) in [6, 6.07) is 0.352. The zero-order valence-electron chi connectivity index (χ0n) is 9.55. The van der Waals surface area contributed by atoms with Gasteiger partial charge in [-0.05, 0) is 25.2 Å². The highest BCUT2D eigenvalue weighted by Crippen LogP contribution is 2.22. The van der Waals surface area contributed by atoms with Gasteiger partial charge in [-0.15, -0.1) is 0 Å². The van der Waals surface area contributed by atoms with Crippen LogP contribution in [0.5, 0.6) is 0 Å². The van der Waals surface area contributed by atoms with Crippen LogP contribution in [0.2, 0.25) is 0 Å². The van der Waals surface area contributed by atoms with Crippen molar-refractivity contribution >= 4 is 0 Å². The number of methoxy groups -OCH3 is 1. The molecule has 0 spiro atoms. The number of hydrogen-bond acceptors (Lipinski definition) is 3. The van der Waals surface area contributed by atoms with Crippen molar-refractivity contribution in [3.8, 4) is 0 Å². The van der Waals surface area contributed by atoms with Crippen molar-refractivity contribution in [2.24, 2.45) is 11.3 Å². The third-order valence-corrected chi connectivity index (χ3v) is 2.51. The van der Waals surface area contributed by atoms with Crippen LogP contribution in [-0.4, -0.2) is 19.3 Å². The Bertz CT molecular complexity index is 131. The van der Waals surface area contributed by atoms with Crippen LogP contribution in [0, 0.1) is 5.41 Å². The molecule has 2 unspecified atom stereocenters. The van der Waals surface area contributed by atoms with Crippen LogP contribution in [-0.2, 0) is 4.74 Å². The molecular formula is C10H24N2O. The molecule has 0 heterocycles. The molecule has 0 aliphatic heterocycles. The van der Waals surface area contributed by atoms with Gasteiger partial charge in [0.2, 0.25) is 0 Å². The molecule has 0 saturated heterocycles. The Kier molecular flexibility index (Phi) is 5.53. The van der Waals surface area contributed by atoms with E-state index in [0.29, 0.717) is 12.1 Å². The molecule has 0 aromatic heterocycles. The highest BCUT2D eigenvalue weighted by Gasteiger charge is 2.23. The zero-order chi connectivity index (χ0) is 10.5. The number of hydrogen-bond donors (Lipinski definition) is 2. The molecule has 0 rings (SSSR count). The van der Waals surface area contributed by atoms with Crippen LogP contribution in [0.4, 0.5) is 0 Å². The fourth-order valence-corrected chi connectivity index (χ4v) is 1.29. The van der Waals surface area contributed by atoms with Crippen LogP contribution in [0.1, 0.15) is 40.5 Å². The van der Waals surface area contributed by atoms with Gasteiger partial charge in [-0.25, -0.2) is 0 Å². The monoisotopic (exact) mass is 188 g/mol. The van der Waals surface area contributed by atoms with E-state index in [-0.39, 0.29) is 5.41 Å². The molecule has 3 nitrogen and oxygen atoms in total. The van der Waals surface area contributed by atoms with E-state index in [0.717, 1.165) is 12.8 Å². The summed E-state index contributed by atoms with van der Waals surface area (Å²) in [5.41, 5.74) is 3.08. The highest BCUT2D eigenvalue weighted by molar-refractivity contribution is 4.78. The van der Waals surface area contributed by atoms with E-state index in [9.17, 15) is 0 Å². The summed E-state index contributed by atoms with van der Waals surface area (Å²) in [4.78, 5) is 0. The smallest absolute Gasteiger partial charge is 0.0543 e. The van der Waals surface area contributed by atoms with Gasteiger partial charge < -0.3 is 4.74 Å². The number of hydrazine groups is 1. The van der Waals surface area contributed by atoms with E-state index in [1.807, 2.05) is 0 Å². The van der Waals surface area contributed by atoms with Gasteiger partial charge in [-0.3, -0.25) is 11.3 Å². The van der Waals surface area contributed by atoms with Crippen molar-refractivity contribution < 1.29 is 4.74 Å². The quantitative estimate of drug-likeness (QED) is 0.510. The van der Waals surface area contributed by atoms with E-state index >= 15 is 0 Å². The molecule has 0 radical (unpaired) electrons. The maximum absolute atomic E-state index is 5.50. The molecule has 0 aliphatic rings. The summed E-state index contributed by atoms with van der Waals surface area (Å²) >= 11 is 0. The van der Waals surface area contributed by atoms with E-state index < -0.39 is 0 Å². The van der Waals surface area contributed by atoms with Crippen molar-refractivity contribution in [3.63, 3.8) is 0 Å². The molecule has 0 bridgehead atoms. The van der Waals surface area contributed by atoms with Crippen LogP contribution in [0.25, 0.3) is 0 Å². The summed E-state index contributed by atoms with van der Waals surface area (Å²) < 4.78 is 5.19. The highest BCUT2D eigenvalue weighted by atomic mass is 16.5. The summed E-state index contributed by atoms with van der Waals surface area (Å²) in [5.74, 6) is 5.50. The van der Waals surface area contributed by atoms with Crippen molar-refractivity contribution in [1.82, 2.24) is 5.43 Å². The van der Waals surface area contributed by atoms with Gasteiger partial charge in [0.15, 0.2) is 0 Å². The minimum atomic E-state index is 0.211. The predicted octanol–water partition coefficient (Wildman–Crippen LogP) is 1.68. The maximum atomic E-state index is 5.50. The lowest BCUT2D eigenvalue weighted by Gasteiger charge is -2.30. The fraction of sp³-hybridized carbons (Fsp3) is 1.00. The normalized spacial score (nSPS) is 17.1. The van der Waals surface area contributed by atoms with E-state index in [2.05, 4.69) is 33.1 Å². The molecule has 0 amide bonds. The van der Waals surface area contributed by atoms with Gasteiger partial charge >= 0.3 is 0 Å². The average Bonchev–Trinajstić information content (AvgIpc) is 2.02. The Balaban J connectivity index is 3.86. The van der Waals surface area contributed by atoms with Crippen LogP contribution in [0.15, 0.2) is 0 Å². The fourth-order valence-electron chi connectivity index (χ4n) is 1.29. The van der Waals surface area contributed by atoms with Gasteiger partial charge in [0.1, 0.15) is 0 Å². The van der Waals surface area contributed by atoms with Crippen LogP contribution < -0.4 is 11.3 Å². The molecule has 0 fully saturated rings. The molecule has 3 N–H and O–H groups in total. The lowest BCUT2D eigenvalue weighted by Crippen LogP contribution is -2.44. The summed E-state index contributed by atoms with van der Waals surface area (Å²) in [5, 5.41) is 0. The molecular weight excluding hydrogens is 164 g/mol. The molecule has 80 valence electrons. The maximum Gasteiger partial charge on any atom is 0.0543 e. The molecule has 3 heteroatoms. The number of nitrogens with one attached hydrogen (secondary N) is 1. The number of ether oxygens (including phenoxy) is 1. The molecule has 0 saturated carbocycles. The lowest BCUT2D eigenvalue weighted by atomic mass is 9.84. The number of rotatable bonds is 5. The SMILES string of the molecule is COC(C)CCC(NN)C(C)(C)C. The first-order valence-electron chi connectivity index (χ1n) is 4.90. The Labute approximate surface area is 82.0 Å². The van der Waals surface area contributed by atoms with Gasteiger partial charge in [-0.1, -0.05) is 20.8 Å². The second-order valence-electron chi connectivity index (χ2n) is 4.71. The first-order chi connectivity index (χ1) is 5.91. The zero-order valence-corrected chi connectivity index (χ0v) is 9.55. The summed E-state index contributed by atoms with van der Waals surface area (Å²) in [6.45, 7) is 8.65. The van der Waals surface area contributed by atoms with Gasteiger partial charge in [0.25, 0.3) is 0 Å². The lowest BCUT2D eigenvalue weighted by molar-refractivity contribution is 0.0993. The Hall–Kier alpha value is -0.120. The summed E-state index contributed by atoms with van der Waals surface area (Å²) in [7, 11) is 1.74. The van der Waals surface area contributed by atoms with E-state index in [1.54, 1.807) is 7.11 Å². The topological polar surface area (TPSA) is 47.3 Å². The molecule has 0 aromatic rings. The van der Waals surface area contributed by atoms with Crippen LogP contribution in [0.3, 0.4) is 0 Å². The number of nitrogens with two attached hydrogens (primary N) is 1. The first kappa shape index (κ1) is 12.9. The van der Waals surface area contributed by atoms with E-state index in [4.69, 9.17) is 10.6 Å². The van der Waals surface area contributed by atoms with Crippen molar-refractivity contribution in [2.45, 2.75) is 52.7 Å². The second-order valence-corrected chi connectivity index (χ2v) is 4.71. The largest absolute Gasteiger partial charge is 0.382 e.